The van der Waals surface area contributed by atoms with Crippen molar-refractivity contribution in [3.63, 3.8) is 0 Å². The smallest absolute Gasteiger partial charge is 0.146 e. The third kappa shape index (κ3) is 1.00. The number of rotatable bonds is 1. The molecule has 4 atom stereocenters. The lowest BCUT2D eigenvalue weighted by Crippen LogP contribution is -2.30. The van der Waals surface area contributed by atoms with E-state index in [1.807, 2.05) is 0 Å². The molecule has 1 heteroatoms. The highest BCUT2D eigenvalue weighted by Gasteiger charge is 2.63. The molecule has 0 saturated heterocycles. The van der Waals surface area contributed by atoms with Gasteiger partial charge in [-0.2, -0.15) is 0 Å². The monoisotopic (exact) mass is 218 g/mol. The average molecular weight is 218 g/mol. The van der Waals surface area contributed by atoms with Crippen molar-refractivity contribution in [1.82, 2.24) is 0 Å². The van der Waals surface area contributed by atoms with E-state index in [0.29, 0.717) is 16.7 Å². The third-order valence-electron chi connectivity index (χ3n) is 6.20. The van der Waals surface area contributed by atoms with E-state index < -0.39 is 0 Å². The Kier molecular flexibility index (Phi) is 1.98. The maximum atomic E-state index is 11.2. The molecule has 0 aromatic rings. The highest BCUT2D eigenvalue weighted by atomic mass is 16.1. The molecule has 2 bridgehead atoms. The van der Waals surface area contributed by atoms with Gasteiger partial charge < -0.3 is 0 Å². The zero-order valence-electron chi connectivity index (χ0n) is 10.6. The highest BCUT2D eigenvalue weighted by Crippen LogP contribution is 2.70. The Hall–Kier alpha value is -0.590. The molecular formula is C15H22O. The van der Waals surface area contributed by atoms with Gasteiger partial charge in [0.05, 0.1) is 0 Å². The van der Waals surface area contributed by atoms with E-state index in [-0.39, 0.29) is 0 Å². The second kappa shape index (κ2) is 3.00. The first-order valence-electron chi connectivity index (χ1n) is 6.67. The SMILES string of the molecule is C[C@H]1CC[C@@H]2C(C)(C)[C@H]3C[C@]21CC=C3C=O. The topological polar surface area (TPSA) is 17.1 Å². The minimum absolute atomic E-state index is 0.341. The van der Waals surface area contributed by atoms with Crippen LogP contribution < -0.4 is 0 Å². The van der Waals surface area contributed by atoms with Crippen LogP contribution in [-0.2, 0) is 4.79 Å². The first-order chi connectivity index (χ1) is 7.52. The standard InChI is InChI=1S/C15H22O/c1-10-4-5-13-14(2,3)12-8-15(10,13)7-6-11(12)9-16/h6,9-10,12-13H,4-5,7-8H2,1-3H3/t10-,12-,13+,15-/m0/s1. The fourth-order valence-electron chi connectivity index (χ4n) is 5.23. The molecule has 2 fully saturated rings. The summed E-state index contributed by atoms with van der Waals surface area (Å²) < 4.78 is 0. The molecule has 0 amide bonds. The van der Waals surface area contributed by atoms with E-state index in [1.165, 1.54) is 19.3 Å². The lowest BCUT2D eigenvalue weighted by molar-refractivity contribution is -0.105. The van der Waals surface area contributed by atoms with Crippen molar-refractivity contribution >= 4 is 6.29 Å². The second-order valence-electron chi connectivity index (χ2n) is 6.87. The van der Waals surface area contributed by atoms with Crippen molar-refractivity contribution in [2.75, 3.05) is 0 Å². The Balaban J connectivity index is 2.10. The predicted octanol–water partition coefficient (Wildman–Crippen LogP) is 3.59. The van der Waals surface area contributed by atoms with Crippen LogP contribution in [0.15, 0.2) is 11.6 Å². The maximum Gasteiger partial charge on any atom is 0.146 e. The van der Waals surface area contributed by atoms with Gasteiger partial charge in [0, 0.05) is 0 Å². The van der Waals surface area contributed by atoms with Crippen LogP contribution in [0.3, 0.4) is 0 Å². The van der Waals surface area contributed by atoms with Crippen LogP contribution in [0, 0.1) is 28.6 Å². The van der Waals surface area contributed by atoms with Crippen LogP contribution in [0.2, 0.25) is 0 Å². The van der Waals surface area contributed by atoms with E-state index in [2.05, 4.69) is 26.8 Å². The van der Waals surface area contributed by atoms with Gasteiger partial charge in [-0.1, -0.05) is 26.8 Å². The number of hydrogen-bond acceptors (Lipinski definition) is 1. The van der Waals surface area contributed by atoms with Gasteiger partial charge >= 0.3 is 0 Å². The van der Waals surface area contributed by atoms with Crippen LogP contribution >= 0.6 is 0 Å². The van der Waals surface area contributed by atoms with Crippen molar-refractivity contribution in [2.45, 2.75) is 46.5 Å². The van der Waals surface area contributed by atoms with Gasteiger partial charge in [0.2, 0.25) is 0 Å². The summed E-state index contributed by atoms with van der Waals surface area (Å²) in [5.74, 6) is 2.23. The Morgan fingerprint density at radius 2 is 2.12 bits per heavy atom. The number of fused-ring (bicyclic) bond motifs is 1. The molecule has 0 unspecified atom stereocenters. The van der Waals surface area contributed by atoms with E-state index in [4.69, 9.17) is 0 Å². The zero-order valence-corrected chi connectivity index (χ0v) is 10.6. The number of allylic oxidation sites excluding steroid dienone is 2. The molecule has 0 radical (unpaired) electrons. The summed E-state index contributed by atoms with van der Waals surface area (Å²) in [6.45, 7) is 7.22. The first-order valence-corrected chi connectivity index (χ1v) is 6.67. The molecule has 0 heterocycles. The molecule has 0 aromatic heterocycles. The summed E-state index contributed by atoms with van der Waals surface area (Å²) in [6.07, 6.45) is 8.58. The highest BCUT2D eigenvalue weighted by molar-refractivity contribution is 5.75. The lowest BCUT2D eigenvalue weighted by atomic mass is 9.68. The fraction of sp³-hybridized carbons (Fsp3) is 0.800. The van der Waals surface area contributed by atoms with Crippen LogP contribution in [-0.4, -0.2) is 6.29 Å². The first kappa shape index (κ1) is 10.6. The van der Waals surface area contributed by atoms with Gasteiger partial charge in [0.15, 0.2) is 0 Å². The molecule has 3 aliphatic carbocycles. The summed E-state index contributed by atoms with van der Waals surface area (Å²) in [7, 11) is 0. The van der Waals surface area contributed by atoms with Crippen LogP contribution in [0.1, 0.15) is 46.5 Å². The normalized spacial score (nSPS) is 48.7. The summed E-state index contributed by atoms with van der Waals surface area (Å²) >= 11 is 0. The van der Waals surface area contributed by atoms with Crippen molar-refractivity contribution in [2.24, 2.45) is 28.6 Å². The summed E-state index contributed by atoms with van der Waals surface area (Å²) in [5, 5.41) is 0. The molecule has 3 aliphatic rings. The maximum absolute atomic E-state index is 11.2. The number of carbonyl (C=O) groups is 1. The van der Waals surface area contributed by atoms with Gasteiger partial charge in [-0.3, -0.25) is 4.79 Å². The number of carbonyl (C=O) groups excluding carboxylic acids is 1. The van der Waals surface area contributed by atoms with Crippen molar-refractivity contribution < 1.29 is 4.79 Å². The summed E-state index contributed by atoms with van der Waals surface area (Å²) in [6, 6.07) is 0. The second-order valence-corrected chi connectivity index (χ2v) is 6.87. The van der Waals surface area contributed by atoms with Gasteiger partial charge in [0.25, 0.3) is 0 Å². The summed E-state index contributed by atoms with van der Waals surface area (Å²) in [4.78, 5) is 11.2. The predicted molar refractivity (Wildman–Crippen MR) is 65.0 cm³/mol. The Bertz CT molecular complexity index is 366. The molecule has 0 aromatic carbocycles. The summed E-state index contributed by atoms with van der Waals surface area (Å²) in [5.41, 5.74) is 1.98. The Labute approximate surface area is 98.3 Å². The van der Waals surface area contributed by atoms with Gasteiger partial charge in [-0.05, 0) is 59.8 Å². The molecular weight excluding hydrogens is 196 g/mol. The average Bonchev–Trinajstić information content (AvgIpc) is 2.65. The largest absolute Gasteiger partial charge is 0.298 e. The molecule has 0 aliphatic heterocycles. The van der Waals surface area contributed by atoms with Gasteiger partial charge in [0.1, 0.15) is 6.29 Å². The van der Waals surface area contributed by atoms with E-state index in [9.17, 15) is 4.79 Å². The molecule has 2 saturated carbocycles. The van der Waals surface area contributed by atoms with Crippen LogP contribution in [0.4, 0.5) is 0 Å². The van der Waals surface area contributed by atoms with Crippen molar-refractivity contribution in [3.8, 4) is 0 Å². The number of aldehydes is 1. The van der Waals surface area contributed by atoms with E-state index >= 15 is 0 Å². The third-order valence-corrected chi connectivity index (χ3v) is 6.20. The van der Waals surface area contributed by atoms with Crippen molar-refractivity contribution in [3.05, 3.63) is 11.6 Å². The van der Waals surface area contributed by atoms with Crippen LogP contribution in [0.5, 0.6) is 0 Å². The van der Waals surface area contributed by atoms with E-state index in [0.717, 1.165) is 30.1 Å². The van der Waals surface area contributed by atoms with Crippen molar-refractivity contribution in [1.29, 1.82) is 0 Å². The molecule has 1 nitrogen and oxygen atoms in total. The minimum Gasteiger partial charge on any atom is -0.298 e. The van der Waals surface area contributed by atoms with Crippen LogP contribution in [0.25, 0.3) is 0 Å². The molecule has 1 spiro atoms. The zero-order chi connectivity index (χ0) is 11.6. The van der Waals surface area contributed by atoms with Gasteiger partial charge in [-0.15, -0.1) is 0 Å². The minimum atomic E-state index is 0.341. The Morgan fingerprint density at radius 1 is 1.38 bits per heavy atom. The van der Waals surface area contributed by atoms with E-state index in [1.54, 1.807) is 0 Å². The molecule has 0 N–H and O–H groups in total. The number of hydrogen-bond donors (Lipinski definition) is 0. The Morgan fingerprint density at radius 3 is 2.81 bits per heavy atom. The quantitative estimate of drug-likeness (QED) is 0.615. The molecule has 88 valence electrons. The molecule has 3 rings (SSSR count). The van der Waals surface area contributed by atoms with Gasteiger partial charge in [-0.25, -0.2) is 0 Å². The fourth-order valence-corrected chi connectivity index (χ4v) is 5.23. The molecule has 16 heavy (non-hydrogen) atoms. The lowest BCUT2D eigenvalue weighted by Gasteiger charge is -2.36.